The summed E-state index contributed by atoms with van der Waals surface area (Å²) in [6, 6.07) is 12.8. The van der Waals surface area contributed by atoms with E-state index in [1.165, 1.54) is 16.7 Å². The molecule has 0 aliphatic carbocycles. The number of hydrogen-bond donors (Lipinski definition) is 2. The molecule has 0 saturated heterocycles. The predicted molar refractivity (Wildman–Crippen MR) is 122 cm³/mol. The van der Waals surface area contributed by atoms with Crippen molar-refractivity contribution in [2.75, 3.05) is 32.6 Å². The van der Waals surface area contributed by atoms with Crippen LogP contribution in [0.1, 0.15) is 29.5 Å². The molecule has 0 aliphatic rings. The Morgan fingerprint density at radius 1 is 1.15 bits per heavy atom. The summed E-state index contributed by atoms with van der Waals surface area (Å²) in [6.45, 7) is 5.88. The number of halogens is 1. The Labute approximate surface area is 174 Å². The van der Waals surface area contributed by atoms with Crippen molar-refractivity contribution in [3.63, 3.8) is 0 Å². The summed E-state index contributed by atoms with van der Waals surface area (Å²) < 4.78 is 0. The van der Waals surface area contributed by atoms with Crippen molar-refractivity contribution in [2.24, 2.45) is 4.99 Å². The summed E-state index contributed by atoms with van der Waals surface area (Å²) in [6.07, 6.45) is 1.84. The Bertz CT molecular complexity index is 698. The summed E-state index contributed by atoms with van der Waals surface area (Å²) in [5, 5.41) is 6.76. The summed E-state index contributed by atoms with van der Waals surface area (Å²) in [7, 11) is 5.78. The van der Waals surface area contributed by atoms with E-state index in [9.17, 15) is 0 Å². The lowest BCUT2D eigenvalue weighted by Crippen LogP contribution is -2.38. The molecule has 0 radical (unpaired) electrons. The van der Waals surface area contributed by atoms with Gasteiger partial charge >= 0.3 is 0 Å². The molecule has 1 aromatic carbocycles. The summed E-state index contributed by atoms with van der Waals surface area (Å²) in [4.78, 5) is 10.6. The van der Waals surface area contributed by atoms with Gasteiger partial charge in [-0.1, -0.05) is 36.8 Å². The molecule has 5 nitrogen and oxygen atoms in total. The van der Waals surface area contributed by atoms with E-state index in [1.54, 1.807) is 7.05 Å². The number of pyridine rings is 1. The first kappa shape index (κ1) is 22.2. The van der Waals surface area contributed by atoms with Crippen molar-refractivity contribution < 1.29 is 0 Å². The van der Waals surface area contributed by atoms with Gasteiger partial charge in [-0.15, -0.1) is 24.0 Å². The van der Waals surface area contributed by atoms with Crippen LogP contribution in [0.15, 0.2) is 47.6 Å². The fourth-order valence-electron chi connectivity index (χ4n) is 2.48. The Morgan fingerprint density at radius 2 is 1.85 bits per heavy atom. The Morgan fingerprint density at radius 3 is 2.46 bits per heavy atom. The second-order valence-electron chi connectivity index (χ2n) is 6.54. The van der Waals surface area contributed by atoms with Crippen LogP contribution in [0.5, 0.6) is 0 Å². The Kier molecular flexibility index (Phi) is 9.40. The van der Waals surface area contributed by atoms with Gasteiger partial charge in [-0.2, -0.15) is 0 Å². The van der Waals surface area contributed by atoms with Crippen LogP contribution in [-0.4, -0.2) is 38.6 Å². The van der Waals surface area contributed by atoms with Crippen molar-refractivity contribution in [2.45, 2.75) is 26.3 Å². The molecule has 0 spiro atoms. The average molecular weight is 467 g/mol. The molecule has 0 aliphatic heterocycles. The van der Waals surface area contributed by atoms with Gasteiger partial charge in [0.25, 0.3) is 0 Å². The number of nitrogens with zero attached hydrogens (tertiary/aromatic N) is 3. The smallest absolute Gasteiger partial charge is 0.191 e. The van der Waals surface area contributed by atoms with Crippen LogP contribution >= 0.6 is 24.0 Å². The second kappa shape index (κ2) is 11.0. The molecule has 1 aromatic heterocycles. The largest absolute Gasteiger partial charge is 0.363 e. The minimum atomic E-state index is 0. The average Bonchev–Trinajstić information content (AvgIpc) is 2.62. The maximum absolute atomic E-state index is 4.34. The normalized spacial score (nSPS) is 12.1. The van der Waals surface area contributed by atoms with Gasteiger partial charge < -0.3 is 15.5 Å². The molecule has 1 heterocycles. The number of aromatic nitrogens is 1. The number of guanidine groups is 1. The van der Waals surface area contributed by atoms with E-state index in [-0.39, 0.29) is 24.0 Å². The van der Waals surface area contributed by atoms with Gasteiger partial charge in [-0.05, 0) is 36.1 Å². The number of benzene rings is 1. The van der Waals surface area contributed by atoms with Gasteiger partial charge in [-0.3, -0.25) is 4.99 Å². The highest BCUT2D eigenvalue weighted by atomic mass is 127. The standard InChI is InChI=1S/C20H29N5.HI/c1-15-6-8-18(9-7-15)16(2)13-23-20(21-3)24-14-17-10-11-22-19(12-17)25(4)5;/h6-12,16H,13-14H2,1-5H3,(H2,21,23,24);1H. The SMILES string of the molecule is CN=C(NCc1ccnc(N(C)C)c1)NCC(C)c1ccc(C)cc1.I. The molecule has 1 unspecified atom stereocenters. The summed E-state index contributed by atoms with van der Waals surface area (Å²) in [5.74, 6) is 2.18. The first-order valence-electron chi connectivity index (χ1n) is 8.63. The van der Waals surface area contributed by atoms with Crippen LogP contribution in [-0.2, 0) is 6.54 Å². The van der Waals surface area contributed by atoms with E-state index in [4.69, 9.17) is 0 Å². The maximum atomic E-state index is 4.34. The third kappa shape index (κ3) is 6.82. The van der Waals surface area contributed by atoms with E-state index in [0.717, 1.165) is 18.3 Å². The molecule has 1 atom stereocenters. The molecule has 6 heteroatoms. The molecule has 2 rings (SSSR count). The number of rotatable bonds is 6. The quantitative estimate of drug-likeness (QED) is 0.388. The fraction of sp³-hybridized carbons (Fsp3) is 0.400. The van der Waals surface area contributed by atoms with Crippen molar-refractivity contribution in [3.8, 4) is 0 Å². The van der Waals surface area contributed by atoms with Crippen LogP contribution in [0.3, 0.4) is 0 Å². The van der Waals surface area contributed by atoms with Crippen LogP contribution in [0.2, 0.25) is 0 Å². The van der Waals surface area contributed by atoms with Gasteiger partial charge in [0.15, 0.2) is 5.96 Å². The zero-order valence-corrected chi connectivity index (χ0v) is 18.6. The molecule has 26 heavy (non-hydrogen) atoms. The van der Waals surface area contributed by atoms with Crippen molar-refractivity contribution in [3.05, 3.63) is 59.3 Å². The third-order valence-electron chi connectivity index (χ3n) is 4.17. The van der Waals surface area contributed by atoms with Gasteiger partial charge in [0, 0.05) is 40.4 Å². The number of hydrogen-bond acceptors (Lipinski definition) is 3. The zero-order chi connectivity index (χ0) is 18.2. The van der Waals surface area contributed by atoms with E-state index in [0.29, 0.717) is 12.5 Å². The van der Waals surface area contributed by atoms with Gasteiger partial charge in [0.1, 0.15) is 5.82 Å². The van der Waals surface area contributed by atoms with E-state index in [1.807, 2.05) is 31.3 Å². The highest BCUT2D eigenvalue weighted by Gasteiger charge is 2.07. The molecule has 0 saturated carbocycles. The Hall–Kier alpha value is -1.83. The molecule has 0 amide bonds. The van der Waals surface area contributed by atoms with E-state index in [2.05, 4.69) is 64.8 Å². The van der Waals surface area contributed by atoms with Crippen molar-refractivity contribution in [1.82, 2.24) is 15.6 Å². The first-order chi connectivity index (χ1) is 12.0. The van der Waals surface area contributed by atoms with E-state index >= 15 is 0 Å². The number of aliphatic imine (C=N–C) groups is 1. The number of nitrogens with one attached hydrogen (secondary N) is 2. The lowest BCUT2D eigenvalue weighted by molar-refractivity contribution is 0.698. The lowest BCUT2D eigenvalue weighted by atomic mass is 10.0. The molecular weight excluding hydrogens is 437 g/mol. The third-order valence-corrected chi connectivity index (χ3v) is 4.17. The van der Waals surface area contributed by atoms with E-state index < -0.39 is 0 Å². The first-order valence-corrected chi connectivity index (χ1v) is 8.63. The lowest BCUT2D eigenvalue weighted by Gasteiger charge is -2.17. The topological polar surface area (TPSA) is 52.6 Å². The molecule has 2 aromatic rings. The monoisotopic (exact) mass is 467 g/mol. The number of anilines is 1. The van der Waals surface area contributed by atoms with Crippen LogP contribution < -0.4 is 15.5 Å². The minimum Gasteiger partial charge on any atom is -0.363 e. The molecule has 0 bridgehead atoms. The molecule has 2 N–H and O–H groups in total. The highest BCUT2D eigenvalue weighted by molar-refractivity contribution is 14.0. The maximum Gasteiger partial charge on any atom is 0.191 e. The minimum absolute atomic E-state index is 0. The van der Waals surface area contributed by atoms with Crippen LogP contribution in [0, 0.1) is 6.92 Å². The van der Waals surface area contributed by atoms with Crippen molar-refractivity contribution >= 4 is 35.8 Å². The van der Waals surface area contributed by atoms with Crippen molar-refractivity contribution in [1.29, 1.82) is 0 Å². The fourth-order valence-corrected chi connectivity index (χ4v) is 2.48. The van der Waals surface area contributed by atoms with Gasteiger partial charge in [0.2, 0.25) is 0 Å². The van der Waals surface area contributed by atoms with Crippen LogP contribution in [0.4, 0.5) is 5.82 Å². The Balaban J connectivity index is 0.00000338. The van der Waals surface area contributed by atoms with Gasteiger partial charge in [-0.25, -0.2) is 4.98 Å². The highest BCUT2D eigenvalue weighted by Crippen LogP contribution is 2.14. The number of aryl methyl sites for hydroxylation is 1. The molecular formula is C20H30IN5. The predicted octanol–water partition coefficient (Wildman–Crippen LogP) is 3.54. The summed E-state index contributed by atoms with van der Waals surface area (Å²) in [5.41, 5.74) is 3.79. The zero-order valence-electron chi connectivity index (χ0n) is 16.3. The second-order valence-corrected chi connectivity index (χ2v) is 6.54. The molecule has 0 fully saturated rings. The van der Waals surface area contributed by atoms with Gasteiger partial charge in [0.05, 0.1) is 0 Å². The van der Waals surface area contributed by atoms with Crippen LogP contribution in [0.25, 0.3) is 0 Å². The molecule has 142 valence electrons. The summed E-state index contributed by atoms with van der Waals surface area (Å²) >= 11 is 0.